The summed E-state index contributed by atoms with van der Waals surface area (Å²) >= 11 is 0. The summed E-state index contributed by atoms with van der Waals surface area (Å²) in [4.78, 5) is 23.7. The van der Waals surface area contributed by atoms with Crippen molar-refractivity contribution in [2.75, 3.05) is 5.32 Å². The first-order chi connectivity index (χ1) is 10.7. The largest absolute Gasteiger partial charge is 0.374 e. The highest BCUT2D eigenvalue weighted by Crippen LogP contribution is 2.39. The summed E-state index contributed by atoms with van der Waals surface area (Å²) in [6.07, 6.45) is 3.16. The summed E-state index contributed by atoms with van der Waals surface area (Å²) in [6.45, 7) is 0. The number of hydrogen-bond acceptors (Lipinski definition) is 5. The van der Waals surface area contributed by atoms with E-state index >= 15 is 0 Å². The molecule has 3 heterocycles. The number of ether oxygens (including phenoxy) is 1. The summed E-state index contributed by atoms with van der Waals surface area (Å²) in [5.74, 6) is -0.0601. The molecular formula is C14H15N5O3. The average molecular weight is 301 g/mol. The number of nitrogens with zero attached hydrogens (tertiary/aromatic N) is 3. The second-order valence-electron chi connectivity index (χ2n) is 5.67. The molecule has 0 aliphatic carbocycles. The number of carbonyl (C=O) groups is 1. The highest BCUT2D eigenvalue weighted by atomic mass is 16.5. The molecule has 4 rings (SSSR count). The van der Waals surface area contributed by atoms with Crippen LogP contribution in [0.5, 0.6) is 0 Å². The Balaban J connectivity index is 1.46. The molecule has 8 nitrogen and oxygen atoms in total. The number of tetrazole rings is 1. The lowest BCUT2D eigenvalue weighted by atomic mass is 9.88. The van der Waals surface area contributed by atoms with E-state index in [1.54, 1.807) is 24.3 Å². The zero-order valence-electron chi connectivity index (χ0n) is 11.7. The molecule has 0 saturated carbocycles. The molecule has 0 radical (unpaired) electrons. The van der Waals surface area contributed by atoms with E-state index in [0.29, 0.717) is 11.4 Å². The van der Waals surface area contributed by atoms with Crippen LogP contribution >= 0.6 is 0 Å². The molecule has 2 bridgehead atoms. The van der Waals surface area contributed by atoms with Crippen molar-refractivity contribution >= 4 is 11.6 Å². The van der Waals surface area contributed by atoms with Gasteiger partial charge in [0.25, 0.3) is 0 Å². The summed E-state index contributed by atoms with van der Waals surface area (Å²) in [6, 6.07) is 6.89. The van der Waals surface area contributed by atoms with Gasteiger partial charge in [0.15, 0.2) is 0 Å². The number of carbonyl (C=O) groups excluding carboxylic acids is 1. The standard InChI is InChI=1S/C14H15N5O3/c20-13(11-7-10-5-6-12(11)22-10)15-8-1-3-9(4-2-8)19-14(21)16-17-18-19/h1-4,10-12H,5-7H2,(H,15,20)(H,16,18,21)/t10-,11-,12+/m1/s1. The normalized spacial score (nSPS) is 26.3. The first-order valence-corrected chi connectivity index (χ1v) is 7.28. The third-order valence-corrected chi connectivity index (χ3v) is 4.29. The van der Waals surface area contributed by atoms with Crippen LogP contribution in [-0.4, -0.2) is 38.3 Å². The van der Waals surface area contributed by atoms with Crippen molar-refractivity contribution in [3.63, 3.8) is 0 Å². The second kappa shape index (κ2) is 5.06. The van der Waals surface area contributed by atoms with Crippen molar-refractivity contribution in [3.05, 3.63) is 34.7 Å². The number of aromatic amines is 1. The maximum Gasteiger partial charge on any atom is 0.365 e. The van der Waals surface area contributed by atoms with E-state index in [4.69, 9.17) is 4.74 Å². The van der Waals surface area contributed by atoms with Gasteiger partial charge in [0.1, 0.15) is 0 Å². The smallest absolute Gasteiger partial charge is 0.365 e. The SMILES string of the molecule is O=C(Nc1ccc(-n2nn[nH]c2=O)cc1)[C@@H]1C[C@H]2CC[C@@H]1O2. The lowest BCUT2D eigenvalue weighted by molar-refractivity contribution is -0.121. The minimum atomic E-state index is -0.407. The lowest BCUT2D eigenvalue weighted by Gasteiger charge is -2.18. The van der Waals surface area contributed by atoms with E-state index in [2.05, 4.69) is 20.8 Å². The van der Waals surface area contributed by atoms with Crippen molar-refractivity contribution in [2.24, 2.45) is 5.92 Å². The Morgan fingerprint density at radius 2 is 2.14 bits per heavy atom. The van der Waals surface area contributed by atoms with E-state index in [9.17, 15) is 9.59 Å². The lowest BCUT2D eigenvalue weighted by Crippen LogP contribution is -2.30. The molecule has 3 atom stereocenters. The molecule has 0 spiro atoms. The molecule has 2 aliphatic rings. The summed E-state index contributed by atoms with van der Waals surface area (Å²) in [5.41, 5.74) is 0.865. The number of nitrogens with one attached hydrogen (secondary N) is 2. The van der Waals surface area contributed by atoms with Crippen LogP contribution in [0.15, 0.2) is 29.1 Å². The third kappa shape index (κ3) is 2.21. The second-order valence-corrected chi connectivity index (χ2v) is 5.67. The molecule has 2 saturated heterocycles. The quantitative estimate of drug-likeness (QED) is 0.857. The number of rotatable bonds is 3. The summed E-state index contributed by atoms with van der Waals surface area (Å²) in [5, 5.41) is 12.2. The zero-order chi connectivity index (χ0) is 15.1. The third-order valence-electron chi connectivity index (χ3n) is 4.29. The molecule has 0 unspecified atom stereocenters. The van der Waals surface area contributed by atoms with Gasteiger partial charge in [-0.15, -0.1) is 0 Å². The van der Waals surface area contributed by atoms with Crippen molar-refractivity contribution in [3.8, 4) is 5.69 Å². The van der Waals surface area contributed by atoms with Crippen LogP contribution in [0.1, 0.15) is 19.3 Å². The molecule has 114 valence electrons. The molecular weight excluding hydrogens is 286 g/mol. The maximum absolute atomic E-state index is 12.3. The van der Waals surface area contributed by atoms with Crippen LogP contribution in [0, 0.1) is 5.92 Å². The molecule has 2 fully saturated rings. The van der Waals surface area contributed by atoms with E-state index in [-0.39, 0.29) is 24.0 Å². The number of amides is 1. The molecule has 8 heteroatoms. The van der Waals surface area contributed by atoms with Crippen LogP contribution in [0.25, 0.3) is 5.69 Å². The van der Waals surface area contributed by atoms with Crippen molar-refractivity contribution in [1.29, 1.82) is 0 Å². The Morgan fingerprint density at radius 1 is 1.32 bits per heavy atom. The van der Waals surface area contributed by atoms with Gasteiger partial charge in [0, 0.05) is 5.69 Å². The van der Waals surface area contributed by atoms with E-state index in [1.807, 2.05) is 0 Å². The van der Waals surface area contributed by atoms with Crippen LogP contribution in [0.3, 0.4) is 0 Å². The van der Waals surface area contributed by atoms with Crippen molar-refractivity contribution < 1.29 is 9.53 Å². The molecule has 2 aliphatic heterocycles. The molecule has 2 aromatic rings. The van der Waals surface area contributed by atoms with Gasteiger partial charge in [0.05, 0.1) is 23.8 Å². The number of hydrogen-bond donors (Lipinski definition) is 2. The Labute approximate surface area is 125 Å². The fourth-order valence-corrected chi connectivity index (χ4v) is 3.20. The van der Waals surface area contributed by atoms with Gasteiger partial charge in [-0.2, -0.15) is 4.68 Å². The Bertz CT molecular complexity index is 750. The number of fused-ring (bicyclic) bond motifs is 2. The van der Waals surface area contributed by atoms with Crippen molar-refractivity contribution in [2.45, 2.75) is 31.5 Å². The predicted octanol–water partition coefficient (Wildman–Crippen LogP) is 0.462. The number of aromatic nitrogens is 4. The van der Waals surface area contributed by atoms with Crippen LogP contribution in [-0.2, 0) is 9.53 Å². The Hall–Kier alpha value is -2.48. The summed E-state index contributed by atoms with van der Waals surface area (Å²) in [7, 11) is 0. The molecule has 1 amide bonds. The van der Waals surface area contributed by atoms with Gasteiger partial charge in [-0.1, -0.05) is 0 Å². The van der Waals surface area contributed by atoms with E-state index in [1.165, 1.54) is 0 Å². The summed E-state index contributed by atoms with van der Waals surface area (Å²) < 4.78 is 6.86. The highest BCUT2D eigenvalue weighted by Gasteiger charge is 2.44. The van der Waals surface area contributed by atoms with Gasteiger partial charge >= 0.3 is 5.69 Å². The van der Waals surface area contributed by atoms with Crippen LogP contribution in [0.2, 0.25) is 0 Å². The van der Waals surface area contributed by atoms with Gasteiger partial charge < -0.3 is 10.1 Å². The molecule has 1 aromatic carbocycles. The fourth-order valence-electron chi connectivity index (χ4n) is 3.20. The molecule has 1 aromatic heterocycles. The number of H-pyrrole nitrogens is 1. The maximum atomic E-state index is 12.3. The Morgan fingerprint density at radius 3 is 2.73 bits per heavy atom. The predicted molar refractivity (Wildman–Crippen MR) is 76.6 cm³/mol. The number of anilines is 1. The highest BCUT2D eigenvalue weighted by molar-refractivity contribution is 5.93. The Kier molecular flexibility index (Phi) is 3.04. The van der Waals surface area contributed by atoms with Crippen LogP contribution < -0.4 is 11.0 Å². The number of benzene rings is 1. The molecule has 2 N–H and O–H groups in total. The average Bonchev–Trinajstić information content (AvgIpc) is 3.24. The first kappa shape index (κ1) is 13.2. The molecule has 22 heavy (non-hydrogen) atoms. The van der Waals surface area contributed by atoms with Gasteiger partial charge in [-0.25, -0.2) is 9.89 Å². The van der Waals surface area contributed by atoms with E-state index < -0.39 is 5.69 Å². The topological polar surface area (TPSA) is 102 Å². The van der Waals surface area contributed by atoms with Gasteiger partial charge in [-0.05, 0) is 54.0 Å². The zero-order valence-corrected chi connectivity index (χ0v) is 11.7. The van der Waals surface area contributed by atoms with Crippen molar-refractivity contribution in [1.82, 2.24) is 20.2 Å². The first-order valence-electron chi connectivity index (χ1n) is 7.28. The minimum Gasteiger partial charge on any atom is -0.374 e. The van der Waals surface area contributed by atoms with E-state index in [0.717, 1.165) is 23.9 Å². The fraction of sp³-hybridized carbons (Fsp3) is 0.429. The van der Waals surface area contributed by atoms with Crippen LogP contribution in [0.4, 0.5) is 5.69 Å². The van der Waals surface area contributed by atoms with Gasteiger partial charge in [-0.3, -0.25) is 4.79 Å². The monoisotopic (exact) mass is 301 g/mol. The van der Waals surface area contributed by atoms with Gasteiger partial charge in [0.2, 0.25) is 5.91 Å². The minimum absolute atomic E-state index is 0.00134.